The fourth-order valence-electron chi connectivity index (χ4n) is 2.21. The molecule has 0 aromatic carbocycles. The van der Waals surface area contributed by atoms with E-state index in [0.29, 0.717) is 0 Å². The Morgan fingerprint density at radius 3 is 2.87 bits per heavy atom. The molecule has 0 radical (unpaired) electrons. The number of nitrogens with zero attached hydrogens (tertiary/aromatic N) is 1. The molecule has 1 aliphatic heterocycles. The Bertz CT molecular complexity index is 147. The van der Waals surface area contributed by atoms with E-state index >= 15 is 0 Å². The Morgan fingerprint density at radius 1 is 1.40 bits per heavy atom. The molecule has 1 atom stereocenters. The molecule has 0 spiro atoms. The van der Waals surface area contributed by atoms with Gasteiger partial charge >= 0.3 is 0 Å². The third kappa shape index (κ3) is 5.50. The van der Waals surface area contributed by atoms with E-state index in [9.17, 15) is 0 Å². The van der Waals surface area contributed by atoms with Gasteiger partial charge in [0.25, 0.3) is 0 Å². The third-order valence-electron chi connectivity index (χ3n) is 3.25. The van der Waals surface area contributed by atoms with Crippen LogP contribution in [0.4, 0.5) is 0 Å². The van der Waals surface area contributed by atoms with Crippen molar-refractivity contribution in [1.82, 2.24) is 10.2 Å². The van der Waals surface area contributed by atoms with E-state index in [1.807, 2.05) is 0 Å². The van der Waals surface area contributed by atoms with Gasteiger partial charge in [-0.2, -0.15) is 0 Å². The van der Waals surface area contributed by atoms with Gasteiger partial charge in [-0.1, -0.05) is 6.92 Å². The van der Waals surface area contributed by atoms with Crippen molar-refractivity contribution in [3.63, 3.8) is 0 Å². The SMILES string of the molecule is CCN(CCCC1CCCN1)CCOC. The topological polar surface area (TPSA) is 24.5 Å². The quantitative estimate of drug-likeness (QED) is 0.662. The van der Waals surface area contributed by atoms with Crippen molar-refractivity contribution in [2.75, 3.05) is 39.9 Å². The highest BCUT2D eigenvalue weighted by atomic mass is 16.5. The van der Waals surface area contributed by atoms with Gasteiger partial charge in [0, 0.05) is 19.7 Å². The molecule has 1 fully saturated rings. The number of nitrogens with one attached hydrogen (secondary N) is 1. The first-order valence-corrected chi connectivity index (χ1v) is 6.31. The van der Waals surface area contributed by atoms with Crippen LogP contribution in [0.2, 0.25) is 0 Å². The Morgan fingerprint density at radius 2 is 2.27 bits per heavy atom. The molecule has 1 rings (SSSR count). The smallest absolute Gasteiger partial charge is 0.0589 e. The van der Waals surface area contributed by atoms with Crippen LogP contribution in [0.5, 0.6) is 0 Å². The second-order valence-electron chi connectivity index (χ2n) is 4.36. The monoisotopic (exact) mass is 214 g/mol. The van der Waals surface area contributed by atoms with Crippen LogP contribution in [0.1, 0.15) is 32.6 Å². The molecule has 3 nitrogen and oxygen atoms in total. The minimum Gasteiger partial charge on any atom is -0.383 e. The second-order valence-corrected chi connectivity index (χ2v) is 4.36. The highest BCUT2D eigenvalue weighted by molar-refractivity contribution is 4.74. The Balaban J connectivity index is 2.00. The number of methoxy groups -OCH3 is 1. The van der Waals surface area contributed by atoms with Crippen molar-refractivity contribution in [1.29, 1.82) is 0 Å². The summed E-state index contributed by atoms with van der Waals surface area (Å²) in [5.74, 6) is 0. The molecule has 1 unspecified atom stereocenters. The van der Waals surface area contributed by atoms with E-state index in [2.05, 4.69) is 17.1 Å². The van der Waals surface area contributed by atoms with Crippen LogP contribution in [0.25, 0.3) is 0 Å². The highest BCUT2D eigenvalue weighted by Gasteiger charge is 2.13. The summed E-state index contributed by atoms with van der Waals surface area (Å²) in [5.41, 5.74) is 0. The maximum Gasteiger partial charge on any atom is 0.0589 e. The minimum atomic E-state index is 0.797. The summed E-state index contributed by atoms with van der Waals surface area (Å²) in [6.07, 6.45) is 5.40. The van der Waals surface area contributed by atoms with Crippen LogP contribution in [0.15, 0.2) is 0 Å². The summed E-state index contributed by atoms with van der Waals surface area (Å²) in [5, 5.41) is 3.55. The maximum atomic E-state index is 5.10. The second kappa shape index (κ2) is 8.08. The van der Waals surface area contributed by atoms with Crippen molar-refractivity contribution < 1.29 is 4.74 Å². The molecule has 3 heteroatoms. The standard InChI is InChI=1S/C12H26N2O/c1-3-14(10-11-15-2)9-5-7-12-6-4-8-13-12/h12-13H,3-11H2,1-2H3. The van der Waals surface area contributed by atoms with Gasteiger partial charge in [-0.25, -0.2) is 0 Å². The predicted molar refractivity (Wildman–Crippen MR) is 64.2 cm³/mol. The van der Waals surface area contributed by atoms with Crippen molar-refractivity contribution in [3.05, 3.63) is 0 Å². The first kappa shape index (κ1) is 12.9. The zero-order chi connectivity index (χ0) is 10.9. The van der Waals surface area contributed by atoms with Crippen molar-refractivity contribution in [2.45, 2.75) is 38.6 Å². The molecule has 1 heterocycles. The van der Waals surface area contributed by atoms with Crippen LogP contribution < -0.4 is 5.32 Å². The molecule has 1 aliphatic rings. The average molecular weight is 214 g/mol. The molecule has 0 aliphatic carbocycles. The maximum absolute atomic E-state index is 5.10. The highest BCUT2D eigenvalue weighted by Crippen LogP contribution is 2.10. The van der Waals surface area contributed by atoms with Gasteiger partial charge < -0.3 is 15.0 Å². The summed E-state index contributed by atoms with van der Waals surface area (Å²) in [6, 6.07) is 0.797. The lowest BCUT2D eigenvalue weighted by molar-refractivity contribution is 0.149. The lowest BCUT2D eigenvalue weighted by atomic mass is 10.1. The summed E-state index contributed by atoms with van der Waals surface area (Å²) in [4.78, 5) is 2.47. The van der Waals surface area contributed by atoms with Gasteiger partial charge in [0.15, 0.2) is 0 Å². The van der Waals surface area contributed by atoms with Gasteiger partial charge in [-0.15, -0.1) is 0 Å². The molecule has 90 valence electrons. The summed E-state index contributed by atoms with van der Waals surface area (Å²) >= 11 is 0. The van der Waals surface area contributed by atoms with Gasteiger partial charge in [0.05, 0.1) is 6.61 Å². The molecule has 0 saturated carbocycles. The largest absolute Gasteiger partial charge is 0.383 e. The van der Waals surface area contributed by atoms with Crippen LogP contribution in [0, 0.1) is 0 Å². The first-order chi connectivity index (χ1) is 7.36. The number of ether oxygens (including phenoxy) is 1. The Kier molecular flexibility index (Phi) is 6.98. The van der Waals surface area contributed by atoms with E-state index in [-0.39, 0.29) is 0 Å². The molecule has 0 amide bonds. The van der Waals surface area contributed by atoms with Gasteiger partial charge in [-0.3, -0.25) is 0 Å². The zero-order valence-corrected chi connectivity index (χ0v) is 10.3. The van der Waals surface area contributed by atoms with Gasteiger partial charge in [-0.05, 0) is 45.3 Å². The number of hydrogen-bond donors (Lipinski definition) is 1. The first-order valence-electron chi connectivity index (χ1n) is 6.31. The van der Waals surface area contributed by atoms with E-state index in [4.69, 9.17) is 4.74 Å². The third-order valence-corrected chi connectivity index (χ3v) is 3.25. The number of rotatable bonds is 8. The summed E-state index contributed by atoms with van der Waals surface area (Å²) in [7, 11) is 1.77. The molecule has 0 bridgehead atoms. The van der Waals surface area contributed by atoms with Crippen LogP contribution in [0.3, 0.4) is 0 Å². The van der Waals surface area contributed by atoms with Crippen LogP contribution in [-0.4, -0.2) is 50.8 Å². The lowest BCUT2D eigenvalue weighted by Gasteiger charge is -2.20. The molecule has 1 saturated heterocycles. The van der Waals surface area contributed by atoms with E-state index < -0.39 is 0 Å². The van der Waals surface area contributed by atoms with Crippen molar-refractivity contribution in [3.8, 4) is 0 Å². The summed E-state index contributed by atoms with van der Waals surface area (Å²) in [6.45, 7) is 7.75. The Hall–Kier alpha value is -0.120. The fraction of sp³-hybridized carbons (Fsp3) is 1.00. The van der Waals surface area contributed by atoms with E-state index in [0.717, 1.165) is 25.7 Å². The Labute approximate surface area is 94.2 Å². The molecule has 0 aromatic rings. The molecule has 0 aromatic heterocycles. The fourth-order valence-corrected chi connectivity index (χ4v) is 2.21. The number of likely N-dealkylation sites (N-methyl/N-ethyl adjacent to an activating group) is 1. The molecular weight excluding hydrogens is 188 g/mol. The van der Waals surface area contributed by atoms with Crippen LogP contribution >= 0.6 is 0 Å². The van der Waals surface area contributed by atoms with Gasteiger partial charge in [0.1, 0.15) is 0 Å². The summed E-state index contributed by atoms with van der Waals surface area (Å²) < 4.78 is 5.10. The molecule has 1 N–H and O–H groups in total. The number of hydrogen-bond acceptors (Lipinski definition) is 3. The zero-order valence-electron chi connectivity index (χ0n) is 10.3. The average Bonchev–Trinajstić information content (AvgIpc) is 2.76. The van der Waals surface area contributed by atoms with E-state index in [1.165, 1.54) is 38.8 Å². The van der Waals surface area contributed by atoms with Crippen molar-refractivity contribution in [2.24, 2.45) is 0 Å². The van der Waals surface area contributed by atoms with Gasteiger partial charge in [0.2, 0.25) is 0 Å². The molecular formula is C12H26N2O. The van der Waals surface area contributed by atoms with E-state index in [1.54, 1.807) is 7.11 Å². The van der Waals surface area contributed by atoms with Crippen LogP contribution in [-0.2, 0) is 4.74 Å². The lowest BCUT2D eigenvalue weighted by Crippen LogP contribution is -2.29. The van der Waals surface area contributed by atoms with Crippen molar-refractivity contribution >= 4 is 0 Å². The normalized spacial score (nSPS) is 21.4. The minimum absolute atomic E-state index is 0.797. The predicted octanol–water partition coefficient (Wildman–Crippen LogP) is 1.49. The molecule has 15 heavy (non-hydrogen) atoms.